The SMILES string of the molecule is CC1(C)[C@H](NCc2cccc(NC(=O)[C@@H]3CCCO3)c2)C[C@H]1c1ccccc1. The minimum atomic E-state index is -0.299. The lowest BCUT2D eigenvalue weighted by atomic mass is 9.56. The van der Waals surface area contributed by atoms with Crippen LogP contribution in [0.3, 0.4) is 0 Å². The summed E-state index contributed by atoms with van der Waals surface area (Å²) < 4.78 is 5.46. The maximum atomic E-state index is 12.3. The van der Waals surface area contributed by atoms with Crippen molar-refractivity contribution in [3.63, 3.8) is 0 Å². The molecule has 0 bridgehead atoms. The summed E-state index contributed by atoms with van der Waals surface area (Å²) in [6, 6.07) is 19.4. The van der Waals surface area contributed by atoms with Crippen LogP contribution in [-0.4, -0.2) is 24.7 Å². The number of benzene rings is 2. The van der Waals surface area contributed by atoms with E-state index in [1.54, 1.807) is 0 Å². The second-order valence-corrected chi connectivity index (χ2v) is 8.65. The average Bonchev–Trinajstić information content (AvgIpc) is 3.23. The first-order valence-electron chi connectivity index (χ1n) is 10.3. The first-order chi connectivity index (χ1) is 13.5. The van der Waals surface area contributed by atoms with Crippen molar-refractivity contribution in [3.05, 3.63) is 65.7 Å². The van der Waals surface area contributed by atoms with Crippen LogP contribution in [0.25, 0.3) is 0 Å². The van der Waals surface area contributed by atoms with Crippen LogP contribution in [0.15, 0.2) is 54.6 Å². The van der Waals surface area contributed by atoms with Gasteiger partial charge in [0.1, 0.15) is 6.10 Å². The fraction of sp³-hybridized carbons (Fsp3) is 0.458. The topological polar surface area (TPSA) is 50.4 Å². The normalized spacial score (nSPS) is 25.9. The average molecular weight is 379 g/mol. The third-order valence-electron chi connectivity index (χ3n) is 6.44. The van der Waals surface area contributed by atoms with Gasteiger partial charge in [-0.2, -0.15) is 0 Å². The highest BCUT2D eigenvalue weighted by Gasteiger charge is 2.48. The molecule has 1 heterocycles. The first-order valence-corrected chi connectivity index (χ1v) is 10.3. The zero-order valence-electron chi connectivity index (χ0n) is 16.8. The molecule has 2 N–H and O–H groups in total. The van der Waals surface area contributed by atoms with E-state index in [2.05, 4.69) is 66.9 Å². The summed E-state index contributed by atoms with van der Waals surface area (Å²) in [5.41, 5.74) is 3.69. The maximum Gasteiger partial charge on any atom is 0.253 e. The van der Waals surface area contributed by atoms with E-state index in [1.807, 2.05) is 12.1 Å². The van der Waals surface area contributed by atoms with Gasteiger partial charge < -0.3 is 15.4 Å². The summed E-state index contributed by atoms with van der Waals surface area (Å²) in [5, 5.41) is 6.72. The molecule has 3 atom stereocenters. The Morgan fingerprint density at radius 2 is 1.96 bits per heavy atom. The van der Waals surface area contributed by atoms with Gasteiger partial charge in [-0.15, -0.1) is 0 Å². The molecule has 0 radical (unpaired) electrons. The van der Waals surface area contributed by atoms with Crippen molar-refractivity contribution < 1.29 is 9.53 Å². The Morgan fingerprint density at radius 1 is 1.14 bits per heavy atom. The second kappa shape index (κ2) is 8.06. The molecule has 148 valence electrons. The standard InChI is InChI=1S/C24H30N2O2/c1-24(2)20(18-9-4-3-5-10-18)15-22(24)25-16-17-8-6-11-19(14-17)26-23(27)21-12-7-13-28-21/h3-6,8-11,14,20-22,25H,7,12-13,15-16H2,1-2H3,(H,26,27)/t20-,21-,22+/m0/s1. The largest absolute Gasteiger partial charge is 0.368 e. The van der Waals surface area contributed by atoms with Gasteiger partial charge >= 0.3 is 0 Å². The van der Waals surface area contributed by atoms with Gasteiger partial charge in [0.2, 0.25) is 0 Å². The molecule has 2 aromatic rings. The molecule has 1 aliphatic carbocycles. The quantitative estimate of drug-likeness (QED) is 0.779. The number of hydrogen-bond acceptors (Lipinski definition) is 3. The van der Waals surface area contributed by atoms with Gasteiger partial charge in [0.05, 0.1) is 0 Å². The molecule has 4 rings (SSSR count). The van der Waals surface area contributed by atoms with E-state index < -0.39 is 0 Å². The molecule has 1 saturated carbocycles. The molecule has 28 heavy (non-hydrogen) atoms. The maximum absolute atomic E-state index is 12.3. The fourth-order valence-corrected chi connectivity index (χ4v) is 4.53. The minimum absolute atomic E-state index is 0.0339. The van der Waals surface area contributed by atoms with Gasteiger partial charge in [-0.05, 0) is 53.9 Å². The van der Waals surface area contributed by atoms with Crippen molar-refractivity contribution in [3.8, 4) is 0 Å². The van der Waals surface area contributed by atoms with Gasteiger partial charge in [0.15, 0.2) is 0 Å². The summed E-state index contributed by atoms with van der Waals surface area (Å²) in [6.07, 6.45) is 2.63. The van der Waals surface area contributed by atoms with Crippen LogP contribution in [0.2, 0.25) is 0 Å². The summed E-state index contributed by atoms with van der Waals surface area (Å²) >= 11 is 0. The van der Waals surface area contributed by atoms with E-state index in [0.29, 0.717) is 18.6 Å². The molecule has 2 fully saturated rings. The Hall–Kier alpha value is -2.17. The Balaban J connectivity index is 1.32. The number of rotatable bonds is 6. The van der Waals surface area contributed by atoms with Gasteiger partial charge in [0, 0.05) is 24.9 Å². The van der Waals surface area contributed by atoms with Crippen LogP contribution >= 0.6 is 0 Å². The van der Waals surface area contributed by atoms with E-state index >= 15 is 0 Å². The summed E-state index contributed by atoms with van der Waals surface area (Å²) in [6.45, 7) is 6.19. The first kappa shape index (κ1) is 19.2. The number of hydrogen-bond donors (Lipinski definition) is 2. The van der Waals surface area contributed by atoms with Crippen LogP contribution in [0, 0.1) is 5.41 Å². The molecular formula is C24H30N2O2. The lowest BCUT2D eigenvalue weighted by Gasteiger charge is -2.53. The van der Waals surface area contributed by atoms with Crippen molar-refractivity contribution in [2.45, 2.75) is 57.7 Å². The molecule has 4 nitrogen and oxygen atoms in total. The van der Waals surface area contributed by atoms with Crippen LogP contribution in [0.1, 0.15) is 50.2 Å². The van der Waals surface area contributed by atoms with Crippen LogP contribution < -0.4 is 10.6 Å². The van der Waals surface area contributed by atoms with Gasteiger partial charge in [0.25, 0.3) is 5.91 Å². The van der Waals surface area contributed by atoms with Crippen molar-refractivity contribution in [2.24, 2.45) is 5.41 Å². The van der Waals surface area contributed by atoms with Crippen LogP contribution in [0.4, 0.5) is 5.69 Å². The van der Waals surface area contributed by atoms with Crippen molar-refractivity contribution in [1.82, 2.24) is 5.32 Å². The lowest BCUT2D eigenvalue weighted by Crippen LogP contribution is -2.55. The highest BCUT2D eigenvalue weighted by Crippen LogP contribution is 2.52. The van der Waals surface area contributed by atoms with Gasteiger partial charge in [-0.3, -0.25) is 4.79 Å². The highest BCUT2D eigenvalue weighted by molar-refractivity contribution is 5.94. The number of anilines is 1. The number of amides is 1. The predicted octanol–water partition coefficient (Wildman–Crippen LogP) is 4.48. The zero-order chi connectivity index (χ0) is 19.6. The number of carbonyl (C=O) groups is 1. The van der Waals surface area contributed by atoms with E-state index in [0.717, 1.165) is 31.5 Å². The van der Waals surface area contributed by atoms with Gasteiger partial charge in [-0.1, -0.05) is 56.3 Å². The Labute approximate surface area is 167 Å². The Kier molecular flexibility index (Phi) is 5.51. The molecule has 0 unspecified atom stereocenters. The Morgan fingerprint density at radius 3 is 2.68 bits per heavy atom. The number of nitrogens with one attached hydrogen (secondary N) is 2. The predicted molar refractivity (Wildman–Crippen MR) is 112 cm³/mol. The zero-order valence-corrected chi connectivity index (χ0v) is 16.8. The van der Waals surface area contributed by atoms with Gasteiger partial charge in [-0.25, -0.2) is 0 Å². The van der Waals surface area contributed by atoms with E-state index in [1.165, 1.54) is 11.1 Å². The van der Waals surface area contributed by atoms with Crippen molar-refractivity contribution in [2.75, 3.05) is 11.9 Å². The van der Waals surface area contributed by atoms with Crippen molar-refractivity contribution in [1.29, 1.82) is 0 Å². The fourth-order valence-electron chi connectivity index (χ4n) is 4.53. The van der Waals surface area contributed by atoms with E-state index in [-0.39, 0.29) is 17.4 Å². The molecule has 0 spiro atoms. The van der Waals surface area contributed by atoms with Crippen molar-refractivity contribution >= 4 is 11.6 Å². The molecular weight excluding hydrogens is 348 g/mol. The number of carbonyl (C=O) groups excluding carboxylic acids is 1. The molecule has 1 amide bonds. The molecule has 1 saturated heterocycles. The summed E-state index contributed by atoms with van der Waals surface area (Å²) in [4.78, 5) is 12.3. The van der Waals surface area contributed by atoms with E-state index in [4.69, 9.17) is 4.74 Å². The van der Waals surface area contributed by atoms with E-state index in [9.17, 15) is 4.79 Å². The molecule has 1 aliphatic heterocycles. The molecule has 2 aliphatic rings. The minimum Gasteiger partial charge on any atom is -0.368 e. The third kappa shape index (κ3) is 3.98. The van der Waals surface area contributed by atoms with Crippen LogP contribution in [-0.2, 0) is 16.1 Å². The molecule has 4 heteroatoms. The van der Waals surface area contributed by atoms with Crippen LogP contribution in [0.5, 0.6) is 0 Å². The Bertz CT molecular complexity index is 812. The lowest BCUT2D eigenvalue weighted by molar-refractivity contribution is -0.124. The molecule has 0 aromatic heterocycles. The highest BCUT2D eigenvalue weighted by atomic mass is 16.5. The summed E-state index contributed by atoms with van der Waals surface area (Å²) in [7, 11) is 0. The molecule has 2 aromatic carbocycles. The monoisotopic (exact) mass is 378 g/mol. The number of ether oxygens (including phenoxy) is 1. The third-order valence-corrected chi connectivity index (χ3v) is 6.44. The summed E-state index contributed by atoms with van der Waals surface area (Å²) in [5.74, 6) is 0.566. The smallest absolute Gasteiger partial charge is 0.253 e. The second-order valence-electron chi connectivity index (χ2n) is 8.65.